The first-order valence-corrected chi connectivity index (χ1v) is 8.96. The normalized spacial score (nSPS) is 22.4. The average Bonchev–Trinajstić information content (AvgIpc) is 2.71. The monoisotopic (exact) mass is 285 g/mol. The van der Waals surface area contributed by atoms with Crippen LogP contribution in [0.1, 0.15) is 6.42 Å². The quantitative estimate of drug-likeness (QED) is 0.774. The summed E-state index contributed by atoms with van der Waals surface area (Å²) in [5, 5.41) is 0. The molecule has 0 bridgehead atoms. The zero-order valence-electron chi connectivity index (χ0n) is 10.6. The maximum absolute atomic E-state index is 11.4. The van der Waals surface area contributed by atoms with E-state index in [2.05, 4.69) is 17.0 Å². The summed E-state index contributed by atoms with van der Waals surface area (Å²) in [7, 11) is -0.741. The van der Waals surface area contributed by atoms with Gasteiger partial charge in [-0.2, -0.15) is 0 Å². The zero-order chi connectivity index (χ0) is 13.0. The third-order valence-electron chi connectivity index (χ3n) is 3.29. The Morgan fingerprint density at radius 1 is 1.33 bits per heavy atom. The number of nitrogens with zero attached hydrogens (tertiary/aromatic N) is 1. The van der Waals surface area contributed by atoms with Crippen molar-refractivity contribution in [2.75, 3.05) is 30.9 Å². The molecule has 1 aliphatic heterocycles. The van der Waals surface area contributed by atoms with E-state index in [0.29, 0.717) is 11.5 Å². The maximum atomic E-state index is 11.4. The van der Waals surface area contributed by atoms with Crippen molar-refractivity contribution in [3.05, 3.63) is 30.3 Å². The van der Waals surface area contributed by atoms with Gasteiger partial charge in [0.2, 0.25) is 0 Å². The Bertz CT molecular complexity index is 473. The van der Waals surface area contributed by atoms with Crippen LogP contribution in [0.2, 0.25) is 0 Å². The molecular formula is C13H19NO2S2. The van der Waals surface area contributed by atoms with Crippen LogP contribution >= 0.6 is 11.8 Å². The molecule has 1 fully saturated rings. The van der Waals surface area contributed by atoms with Crippen LogP contribution < -0.4 is 0 Å². The molecule has 1 heterocycles. The van der Waals surface area contributed by atoms with Crippen molar-refractivity contribution >= 4 is 21.6 Å². The summed E-state index contributed by atoms with van der Waals surface area (Å²) in [5.41, 5.74) is 0. The van der Waals surface area contributed by atoms with Gasteiger partial charge in [-0.3, -0.25) is 0 Å². The summed E-state index contributed by atoms with van der Waals surface area (Å²) in [6.07, 6.45) is 0.787. The molecule has 1 saturated heterocycles. The fourth-order valence-corrected chi connectivity index (χ4v) is 4.90. The minimum Gasteiger partial charge on any atom is -0.302 e. The van der Waals surface area contributed by atoms with Crippen LogP contribution in [0, 0.1) is 0 Å². The van der Waals surface area contributed by atoms with Gasteiger partial charge in [0, 0.05) is 23.2 Å². The van der Waals surface area contributed by atoms with Gasteiger partial charge in [-0.25, -0.2) is 8.42 Å². The first-order chi connectivity index (χ1) is 8.57. The van der Waals surface area contributed by atoms with Crippen molar-refractivity contribution in [3.63, 3.8) is 0 Å². The molecule has 0 amide bonds. The van der Waals surface area contributed by atoms with Crippen LogP contribution in [0.5, 0.6) is 0 Å². The molecule has 1 atom stereocenters. The summed E-state index contributed by atoms with van der Waals surface area (Å²) < 4.78 is 22.8. The fraction of sp³-hybridized carbons (Fsp3) is 0.538. The first-order valence-electron chi connectivity index (χ1n) is 6.15. The van der Waals surface area contributed by atoms with Gasteiger partial charge >= 0.3 is 0 Å². The molecule has 1 aliphatic rings. The lowest BCUT2D eigenvalue weighted by Gasteiger charge is -2.22. The van der Waals surface area contributed by atoms with E-state index in [9.17, 15) is 8.42 Å². The lowest BCUT2D eigenvalue weighted by molar-refractivity contribution is 0.278. The minimum atomic E-state index is -2.77. The van der Waals surface area contributed by atoms with Crippen LogP contribution in [-0.4, -0.2) is 50.2 Å². The molecular weight excluding hydrogens is 266 g/mol. The third kappa shape index (κ3) is 4.00. The van der Waals surface area contributed by atoms with E-state index in [1.54, 1.807) is 0 Å². The van der Waals surface area contributed by atoms with E-state index < -0.39 is 9.84 Å². The molecule has 0 spiro atoms. The molecule has 0 radical (unpaired) electrons. The van der Waals surface area contributed by atoms with Crippen LogP contribution in [0.3, 0.4) is 0 Å². The molecule has 2 rings (SSSR count). The number of sulfone groups is 1. The van der Waals surface area contributed by atoms with Crippen molar-refractivity contribution in [3.8, 4) is 0 Å². The number of thioether (sulfide) groups is 1. The first kappa shape index (κ1) is 13.9. The highest BCUT2D eigenvalue weighted by Gasteiger charge is 2.30. The van der Waals surface area contributed by atoms with Gasteiger partial charge in [-0.15, -0.1) is 11.8 Å². The van der Waals surface area contributed by atoms with Gasteiger partial charge in [-0.05, 0) is 25.6 Å². The molecule has 1 aromatic rings. The molecule has 18 heavy (non-hydrogen) atoms. The van der Waals surface area contributed by atoms with E-state index in [-0.39, 0.29) is 6.04 Å². The average molecular weight is 285 g/mol. The number of hydrogen-bond acceptors (Lipinski definition) is 4. The second-order valence-corrected chi connectivity index (χ2v) is 8.10. The largest absolute Gasteiger partial charge is 0.302 e. The SMILES string of the molecule is CN(CCSc1ccccc1)C1CCS(=O)(=O)C1. The predicted molar refractivity (Wildman–Crippen MR) is 76.9 cm³/mol. The van der Waals surface area contributed by atoms with Crippen molar-refractivity contribution in [1.29, 1.82) is 0 Å². The second-order valence-electron chi connectivity index (χ2n) is 4.70. The van der Waals surface area contributed by atoms with Crippen molar-refractivity contribution in [2.45, 2.75) is 17.4 Å². The molecule has 0 saturated carbocycles. The molecule has 1 unspecified atom stereocenters. The lowest BCUT2D eigenvalue weighted by Crippen LogP contribution is -2.34. The Hall–Kier alpha value is -0.520. The molecule has 0 aliphatic carbocycles. The third-order valence-corrected chi connectivity index (χ3v) is 6.03. The Morgan fingerprint density at radius 2 is 2.06 bits per heavy atom. The van der Waals surface area contributed by atoms with Gasteiger partial charge in [-0.1, -0.05) is 18.2 Å². The highest BCUT2D eigenvalue weighted by Crippen LogP contribution is 2.19. The summed E-state index contributed by atoms with van der Waals surface area (Å²) in [6, 6.07) is 10.5. The molecule has 5 heteroatoms. The van der Waals surface area contributed by atoms with E-state index >= 15 is 0 Å². The van der Waals surface area contributed by atoms with Gasteiger partial charge in [0.25, 0.3) is 0 Å². The molecule has 0 N–H and O–H groups in total. The zero-order valence-corrected chi connectivity index (χ0v) is 12.2. The fourth-order valence-electron chi connectivity index (χ4n) is 2.13. The highest BCUT2D eigenvalue weighted by atomic mass is 32.2. The summed E-state index contributed by atoms with van der Waals surface area (Å²) in [6.45, 7) is 0.930. The van der Waals surface area contributed by atoms with Crippen LogP contribution in [0.15, 0.2) is 35.2 Å². The Labute approximate surface area is 113 Å². The molecule has 100 valence electrons. The maximum Gasteiger partial charge on any atom is 0.151 e. The van der Waals surface area contributed by atoms with Crippen LogP contribution in [0.4, 0.5) is 0 Å². The van der Waals surface area contributed by atoms with Gasteiger partial charge in [0.05, 0.1) is 11.5 Å². The molecule has 3 nitrogen and oxygen atoms in total. The number of benzene rings is 1. The van der Waals surface area contributed by atoms with E-state index in [1.165, 1.54) is 4.90 Å². The Morgan fingerprint density at radius 3 is 2.67 bits per heavy atom. The number of rotatable bonds is 5. The highest BCUT2D eigenvalue weighted by molar-refractivity contribution is 7.99. The minimum absolute atomic E-state index is 0.214. The Balaban J connectivity index is 1.74. The topological polar surface area (TPSA) is 37.4 Å². The summed E-state index contributed by atoms with van der Waals surface area (Å²) >= 11 is 1.82. The van der Waals surface area contributed by atoms with E-state index in [1.807, 2.05) is 37.0 Å². The molecule has 0 aromatic heterocycles. The van der Waals surface area contributed by atoms with Crippen molar-refractivity contribution < 1.29 is 8.42 Å². The van der Waals surface area contributed by atoms with Gasteiger partial charge in [0.15, 0.2) is 9.84 Å². The Kier molecular flexibility index (Phi) is 4.70. The van der Waals surface area contributed by atoms with Crippen LogP contribution in [0.25, 0.3) is 0 Å². The van der Waals surface area contributed by atoms with Gasteiger partial charge in [0.1, 0.15) is 0 Å². The van der Waals surface area contributed by atoms with E-state index in [0.717, 1.165) is 18.7 Å². The predicted octanol–water partition coefficient (Wildman–Crippen LogP) is 1.90. The number of hydrogen-bond donors (Lipinski definition) is 0. The standard InChI is InChI=1S/C13H19NO2S2/c1-14(12-7-10-18(15,16)11-12)8-9-17-13-5-3-2-4-6-13/h2-6,12H,7-11H2,1H3. The van der Waals surface area contributed by atoms with Crippen LogP contribution in [-0.2, 0) is 9.84 Å². The second kappa shape index (κ2) is 6.08. The lowest BCUT2D eigenvalue weighted by atomic mass is 10.2. The van der Waals surface area contributed by atoms with E-state index in [4.69, 9.17) is 0 Å². The smallest absolute Gasteiger partial charge is 0.151 e. The summed E-state index contributed by atoms with van der Waals surface area (Å²) in [4.78, 5) is 3.45. The van der Waals surface area contributed by atoms with Crippen molar-refractivity contribution in [1.82, 2.24) is 4.90 Å². The molecule has 1 aromatic carbocycles. The summed E-state index contributed by atoms with van der Waals surface area (Å²) in [5.74, 6) is 1.68. The van der Waals surface area contributed by atoms with Crippen molar-refractivity contribution in [2.24, 2.45) is 0 Å². The van der Waals surface area contributed by atoms with Gasteiger partial charge < -0.3 is 4.90 Å².